The Morgan fingerprint density at radius 2 is 1.93 bits per heavy atom. The van der Waals surface area contributed by atoms with Gasteiger partial charge in [-0.2, -0.15) is 0 Å². The highest BCUT2D eigenvalue weighted by Crippen LogP contribution is 2.29. The first-order valence-corrected chi connectivity index (χ1v) is 10.3. The van der Waals surface area contributed by atoms with Gasteiger partial charge in [0.05, 0.1) is 0 Å². The highest BCUT2D eigenvalue weighted by Gasteiger charge is 2.45. The van der Waals surface area contributed by atoms with Crippen LogP contribution in [-0.2, 0) is 4.79 Å². The molecule has 160 valence electrons. The van der Waals surface area contributed by atoms with Crippen molar-refractivity contribution in [1.29, 1.82) is 0 Å². The fourth-order valence-electron chi connectivity index (χ4n) is 3.87. The average molecular weight is 506 g/mol. The highest BCUT2D eigenvalue weighted by atomic mass is 127. The van der Waals surface area contributed by atoms with Crippen LogP contribution in [0.1, 0.15) is 52.4 Å². The third-order valence-electron chi connectivity index (χ3n) is 6.06. The Morgan fingerprint density at radius 3 is 2.46 bits per heavy atom. The second kappa shape index (κ2) is 10.1. The summed E-state index contributed by atoms with van der Waals surface area (Å²) in [6, 6.07) is 1.03. The lowest BCUT2D eigenvalue weighted by atomic mass is 9.99. The van der Waals surface area contributed by atoms with Crippen LogP contribution < -0.4 is 16.0 Å². The Kier molecular flexibility index (Phi) is 8.35. The maximum absolute atomic E-state index is 12.4. The van der Waals surface area contributed by atoms with Gasteiger partial charge in [-0.25, -0.2) is 4.79 Å². The number of amides is 3. The van der Waals surface area contributed by atoms with E-state index in [2.05, 4.69) is 25.8 Å². The van der Waals surface area contributed by atoms with E-state index in [-0.39, 0.29) is 35.9 Å². The third-order valence-corrected chi connectivity index (χ3v) is 6.06. The third kappa shape index (κ3) is 5.49. The largest absolute Gasteiger partial charge is 0.356 e. The SMILES string of the molecule is CCC1(C)NC(=O)N(CCCNC(=NC)NC2CCN(C3CC3)CC2)C1=O.I. The van der Waals surface area contributed by atoms with Gasteiger partial charge in [0.15, 0.2) is 5.96 Å². The van der Waals surface area contributed by atoms with Crippen LogP contribution in [-0.4, -0.2) is 78.5 Å². The number of imide groups is 1. The lowest BCUT2D eigenvalue weighted by Crippen LogP contribution is -2.49. The molecular weight excluding hydrogens is 471 g/mol. The number of likely N-dealkylation sites (tertiary alicyclic amines) is 1. The fraction of sp³-hybridized carbons (Fsp3) is 0.842. The minimum atomic E-state index is -0.753. The van der Waals surface area contributed by atoms with Gasteiger partial charge < -0.3 is 20.9 Å². The summed E-state index contributed by atoms with van der Waals surface area (Å²) in [4.78, 5) is 32.6. The lowest BCUT2D eigenvalue weighted by molar-refractivity contribution is -0.130. The molecule has 0 aromatic carbocycles. The molecule has 1 unspecified atom stereocenters. The molecule has 0 aromatic heterocycles. The molecule has 3 amide bonds. The van der Waals surface area contributed by atoms with E-state index in [0.29, 0.717) is 32.0 Å². The van der Waals surface area contributed by atoms with E-state index in [4.69, 9.17) is 0 Å². The second-order valence-corrected chi connectivity index (χ2v) is 8.11. The minimum absolute atomic E-state index is 0. The summed E-state index contributed by atoms with van der Waals surface area (Å²) >= 11 is 0. The Balaban J connectivity index is 0.00000280. The molecule has 1 saturated carbocycles. The number of halogens is 1. The molecule has 1 atom stereocenters. The van der Waals surface area contributed by atoms with E-state index < -0.39 is 5.54 Å². The standard InChI is InChI=1S/C19H34N6O2.HI/c1-4-19(2)16(26)25(18(27)23-19)11-5-10-21-17(20-3)22-14-8-12-24(13-9-14)15-6-7-15;/h14-15H,4-13H2,1-3H3,(H,23,27)(H2,20,21,22);1H. The van der Waals surface area contributed by atoms with Crippen LogP contribution in [0.3, 0.4) is 0 Å². The summed E-state index contributed by atoms with van der Waals surface area (Å²) < 4.78 is 0. The zero-order valence-electron chi connectivity index (χ0n) is 17.3. The molecule has 0 radical (unpaired) electrons. The van der Waals surface area contributed by atoms with Gasteiger partial charge >= 0.3 is 6.03 Å². The van der Waals surface area contributed by atoms with Crippen molar-refractivity contribution in [2.75, 3.05) is 33.2 Å². The van der Waals surface area contributed by atoms with E-state index in [1.165, 1.54) is 30.8 Å². The predicted octanol–water partition coefficient (Wildman–Crippen LogP) is 1.51. The van der Waals surface area contributed by atoms with Crippen LogP contribution in [0.5, 0.6) is 0 Å². The molecule has 1 aliphatic carbocycles. The van der Waals surface area contributed by atoms with Crippen LogP contribution >= 0.6 is 24.0 Å². The molecule has 0 aromatic rings. The first kappa shape index (κ1) is 23.2. The van der Waals surface area contributed by atoms with Crippen molar-refractivity contribution < 1.29 is 9.59 Å². The molecule has 3 aliphatic rings. The highest BCUT2D eigenvalue weighted by molar-refractivity contribution is 14.0. The van der Waals surface area contributed by atoms with Gasteiger partial charge in [0.2, 0.25) is 0 Å². The van der Waals surface area contributed by atoms with Gasteiger partial charge in [-0.05, 0) is 45.4 Å². The van der Waals surface area contributed by atoms with E-state index >= 15 is 0 Å². The van der Waals surface area contributed by atoms with Gasteiger partial charge in [-0.3, -0.25) is 14.7 Å². The molecule has 8 nitrogen and oxygen atoms in total. The zero-order valence-corrected chi connectivity index (χ0v) is 19.6. The smallest absolute Gasteiger partial charge is 0.325 e. The maximum atomic E-state index is 12.4. The molecule has 3 N–H and O–H groups in total. The van der Waals surface area contributed by atoms with Crippen LogP contribution in [0.15, 0.2) is 4.99 Å². The van der Waals surface area contributed by atoms with Crippen LogP contribution in [0.2, 0.25) is 0 Å². The summed E-state index contributed by atoms with van der Waals surface area (Å²) in [5.41, 5.74) is -0.753. The van der Waals surface area contributed by atoms with Crippen molar-refractivity contribution in [2.24, 2.45) is 4.99 Å². The summed E-state index contributed by atoms with van der Waals surface area (Å²) in [6.45, 7) is 7.12. The molecule has 2 heterocycles. The number of nitrogens with one attached hydrogen (secondary N) is 3. The van der Waals surface area contributed by atoms with Crippen LogP contribution in [0, 0.1) is 0 Å². The van der Waals surface area contributed by atoms with Crippen molar-refractivity contribution in [2.45, 2.75) is 70.0 Å². The minimum Gasteiger partial charge on any atom is -0.356 e. The number of carbonyl (C=O) groups is 2. The van der Waals surface area contributed by atoms with Gasteiger partial charge in [0.25, 0.3) is 5.91 Å². The molecule has 3 fully saturated rings. The number of hydrogen-bond donors (Lipinski definition) is 3. The number of guanidine groups is 1. The summed E-state index contributed by atoms with van der Waals surface area (Å²) in [6.07, 6.45) is 6.33. The first-order chi connectivity index (χ1) is 13.0. The molecule has 28 heavy (non-hydrogen) atoms. The second-order valence-electron chi connectivity index (χ2n) is 8.11. The zero-order chi connectivity index (χ0) is 19.4. The number of hydrogen-bond acceptors (Lipinski definition) is 4. The number of piperidine rings is 1. The van der Waals surface area contributed by atoms with Crippen molar-refractivity contribution in [1.82, 2.24) is 25.8 Å². The molecule has 3 rings (SSSR count). The quantitative estimate of drug-likeness (QED) is 0.160. The monoisotopic (exact) mass is 506 g/mol. The number of urea groups is 1. The molecule has 0 bridgehead atoms. The topological polar surface area (TPSA) is 89.1 Å². The normalized spacial score (nSPS) is 26.8. The Morgan fingerprint density at radius 1 is 1.25 bits per heavy atom. The van der Waals surface area contributed by atoms with E-state index in [0.717, 1.165) is 24.8 Å². The van der Waals surface area contributed by atoms with Crippen molar-refractivity contribution in [3.8, 4) is 0 Å². The van der Waals surface area contributed by atoms with Gasteiger partial charge in [-0.1, -0.05) is 6.92 Å². The Hall–Kier alpha value is -1.10. The summed E-state index contributed by atoms with van der Waals surface area (Å²) in [7, 11) is 1.78. The number of nitrogens with zero attached hydrogens (tertiary/aromatic N) is 3. The summed E-state index contributed by atoms with van der Waals surface area (Å²) in [5, 5.41) is 9.60. The lowest BCUT2D eigenvalue weighted by Gasteiger charge is -2.33. The van der Waals surface area contributed by atoms with Crippen LogP contribution in [0.4, 0.5) is 4.79 Å². The van der Waals surface area contributed by atoms with Crippen molar-refractivity contribution in [3.05, 3.63) is 0 Å². The van der Waals surface area contributed by atoms with Gasteiger partial charge in [0, 0.05) is 45.3 Å². The molecule has 2 saturated heterocycles. The maximum Gasteiger partial charge on any atom is 0.325 e. The molecule has 9 heteroatoms. The Bertz CT molecular complexity index is 589. The Labute approximate surface area is 185 Å². The first-order valence-electron chi connectivity index (χ1n) is 10.3. The molecule has 0 spiro atoms. The number of rotatable bonds is 7. The van der Waals surface area contributed by atoms with Crippen LogP contribution in [0.25, 0.3) is 0 Å². The van der Waals surface area contributed by atoms with Crippen molar-refractivity contribution >= 4 is 41.9 Å². The van der Waals surface area contributed by atoms with Crippen molar-refractivity contribution in [3.63, 3.8) is 0 Å². The summed E-state index contributed by atoms with van der Waals surface area (Å²) in [5.74, 6) is 0.676. The average Bonchev–Trinajstić information content (AvgIpc) is 3.49. The van der Waals surface area contributed by atoms with Gasteiger partial charge in [-0.15, -0.1) is 24.0 Å². The predicted molar refractivity (Wildman–Crippen MR) is 121 cm³/mol. The number of carbonyl (C=O) groups excluding carboxylic acids is 2. The van der Waals surface area contributed by atoms with Gasteiger partial charge in [0.1, 0.15) is 5.54 Å². The molecular formula is C19H35IN6O2. The van der Waals surface area contributed by atoms with E-state index in [9.17, 15) is 9.59 Å². The van der Waals surface area contributed by atoms with E-state index in [1.54, 1.807) is 14.0 Å². The molecule has 2 aliphatic heterocycles. The number of aliphatic imine (C=N–C) groups is 1. The fourth-order valence-corrected chi connectivity index (χ4v) is 3.87. The van der Waals surface area contributed by atoms with E-state index in [1.807, 2.05) is 6.92 Å².